The van der Waals surface area contributed by atoms with Crippen LogP contribution in [0.3, 0.4) is 0 Å². The Bertz CT molecular complexity index is 735. The van der Waals surface area contributed by atoms with E-state index < -0.39 is 0 Å². The van der Waals surface area contributed by atoms with Crippen LogP contribution in [0.2, 0.25) is 0 Å². The monoisotopic (exact) mass is 1390 g/mol. The Labute approximate surface area is 626 Å². The molecule has 8 fully saturated rings. The third kappa shape index (κ3) is 595. The van der Waals surface area contributed by atoms with Gasteiger partial charge in [0.2, 0.25) is 0 Å². The van der Waals surface area contributed by atoms with E-state index in [0.717, 1.165) is 39.6 Å². The molecule has 96 heavy (non-hydrogen) atoms. The average molecular weight is 1390 g/mol. The van der Waals surface area contributed by atoms with Crippen molar-refractivity contribution >= 4 is 0 Å². The maximum absolute atomic E-state index is 5.07. The fourth-order valence-electron chi connectivity index (χ4n) is 4.60. The molecular weight excluding hydrogens is 1170 g/mol. The fourth-order valence-corrected chi connectivity index (χ4v) is 4.60. The third-order valence-electron chi connectivity index (χ3n) is 8.09. The predicted octanol–water partition coefficient (Wildman–Crippen LogP) is 37.0. The molecule has 0 amide bonds. The second-order valence-corrected chi connectivity index (χ2v) is 36.4. The third-order valence-corrected chi connectivity index (χ3v) is 8.09. The van der Waals surface area contributed by atoms with E-state index in [4.69, 9.17) is 14.2 Å². The van der Waals surface area contributed by atoms with Crippen molar-refractivity contribution < 1.29 is 14.2 Å². The summed E-state index contributed by atoms with van der Waals surface area (Å²) in [6.07, 6.45) is 43.8. The van der Waals surface area contributed by atoms with Crippen molar-refractivity contribution in [2.45, 2.75) is 532 Å². The summed E-state index contributed by atoms with van der Waals surface area (Å²) in [6.45, 7) is 108. The highest BCUT2D eigenvalue weighted by Crippen LogP contribution is 2.18. The first kappa shape index (κ1) is 139. The second kappa shape index (κ2) is 111. The molecular formula is C93H220O3. The lowest BCUT2D eigenvalue weighted by Crippen LogP contribution is -2.09. The van der Waals surface area contributed by atoms with Gasteiger partial charge in [-0.3, -0.25) is 0 Å². The van der Waals surface area contributed by atoms with E-state index in [1.54, 1.807) is 0 Å². The molecule has 0 aromatic rings. The van der Waals surface area contributed by atoms with Gasteiger partial charge >= 0.3 is 0 Å². The molecule has 5 saturated carbocycles. The summed E-state index contributed by atoms with van der Waals surface area (Å²) in [7, 11) is 0. The van der Waals surface area contributed by atoms with Gasteiger partial charge in [-0.15, -0.1) is 0 Å². The van der Waals surface area contributed by atoms with Crippen LogP contribution in [-0.4, -0.2) is 39.6 Å². The smallest absolute Gasteiger partial charge is 0.0488 e. The summed E-state index contributed by atoms with van der Waals surface area (Å²) >= 11 is 0. The molecule has 0 unspecified atom stereocenters. The number of hydrogen-bond acceptors (Lipinski definition) is 3. The van der Waals surface area contributed by atoms with Crippen molar-refractivity contribution in [2.75, 3.05) is 39.6 Å². The van der Waals surface area contributed by atoms with Crippen LogP contribution in [-0.2, 0) is 14.2 Å². The van der Waals surface area contributed by atoms with Crippen LogP contribution in [0.4, 0.5) is 0 Å². The van der Waals surface area contributed by atoms with Crippen LogP contribution in [0.25, 0.3) is 0 Å². The highest BCUT2D eigenvalue weighted by Gasteiger charge is 2.02. The highest BCUT2D eigenvalue weighted by molar-refractivity contribution is 4.55. The van der Waals surface area contributed by atoms with Gasteiger partial charge in [0.1, 0.15) is 0 Å². The number of ether oxygens (including phenoxy) is 3. The minimum Gasteiger partial charge on any atom is -0.381 e. The molecule has 3 nitrogen and oxygen atoms in total. The first-order chi connectivity index (χ1) is 43.5. The molecule has 5 aliphatic carbocycles. The number of rotatable bonds is 0. The van der Waals surface area contributed by atoms with Gasteiger partial charge in [-0.2, -0.15) is 0 Å². The molecule has 3 aliphatic heterocycles. The molecule has 3 saturated heterocycles. The van der Waals surface area contributed by atoms with Crippen LogP contribution in [0.5, 0.6) is 0 Å². The Kier molecular flexibility index (Phi) is 160. The van der Waals surface area contributed by atoms with Gasteiger partial charge in [-0.1, -0.05) is 494 Å². The fraction of sp³-hybridized carbons (Fsp3) is 1.00. The van der Waals surface area contributed by atoms with Crippen LogP contribution >= 0.6 is 0 Å². The minimum absolute atomic E-state index is 0. The van der Waals surface area contributed by atoms with Gasteiger partial charge < -0.3 is 14.2 Å². The first-order valence-electron chi connectivity index (χ1n) is 42.2. The molecule has 3 heteroatoms. The van der Waals surface area contributed by atoms with Crippen LogP contribution in [0, 0.1) is 43.3 Å². The van der Waals surface area contributed by atoms with Crippen LogP contribution in [0.15, 0.2) is 0 Å². The molecule has 8 rings (SSSR count). The SMILES string of the molecule is C.C1CC1.C1CCC1.C1CCCC1.C1CCCCC1.C1CCCCC1.C1CCOC1.C1CCOCC1.C1COC1.CC.CC.CC.CC.CC.CC.CC.CC.CC(C)(C)C.CC(C)(C)C.CC(C)(C)C.CC(C)(C)C.CC(C)(C)C.CC(C)(C)C.CC(C)(C)C.CC(C)(C)C. The summed E-state index contributed by atoms with van der Waals surface area (Å²) in [6, 6.07) is 0. The Hall–Kier alpha value is -0.120. The molecule has 8 aliphatic rings. The van der Waals surface area contributed by atoms with Gasteiger partial charge in [-0.25, -0.2) is 0 Å². The van der Waals surface area contributed by atoms with Crippen molar-refractivity contribution in [2.24, 2.45) is 43.3 Å². The Morgan fingerprint density at radius 2 is 0.167 bits per heavy atom. The molecule has 0 N–H and O–H groups in total. The molecule has 0 aromatic heterocycles. The minimum atomic E-state index is 0. The molecule has 610 valence electrons. The van der Waals surface area contributed by atoms with Gasteiger partial charge in [0.15, 0.2) is 0 Å². The largest absolute Gasteiger partial charge is 0.381 e. The van der Waals surface area contributed by atoms with E-state index in [1.807, 2.05) is 111 Å². The molecule has 3 heterocycles. The van der Waals surface area contributed by atoms with E-state index in [0.29, 0.717) is 43.3 Å². The molecule has 0 atom stereocenters. The van der Waals surface area contributed by atoms with Gasteiger partial charge in [0.25, 0.3) is 0 Å². The summed E-state index contributed by atoms with van der Waals surface area (Å²) in [5.41, 5.74) is 4.00. The summed E-state index contributed by atoms with van der Waals surface area (Å²) < 4.78 is 14.7. The predicted molar refractivity (Wildman–Crippen MR) is 470 cm³/mol. The van der Waals surface area contributed by atoms with Crippen LogP contribution < -0.4 is 0 Å². The van der Waals surface area contributed by atoms with E-state index in [1.165, 1.54) is 193 Å². The topological polar surface area (TPSA) is 27.7 Å². The number of hydrogen-bond donors (Lipinski definition) is 0. The van der Waals surface area contributed by atoms with E-state index in [9.17, 15) is 0 Å². The second-order valence-electron chi connectivity index (χ2n) is 36.4. The normalized spacial score (nSPS) is 15.2. The maximum Gasteiger partial charge on any atom is 0.0488 e. The lowest BCUT2D eigenvalue weighted by atomic mass is 10.0. The van der Waals surface area contributed by atoms with E-state index in [-0.39, 0.29) is 7.43 Å². The van der Waals surface area contributed by atoms with Gasteiger partial charge in [0, 0.05) is 39.6 Å². The van der Waals surface area contributed by atoms with Crippen molar-refractivity contribution in [3.05, 3.63) is 0 Å². The summed E-state index contributed by atoms with van der Waals surface area (Å²) in [5.74, 6) is 0. The van der Waals surface area contributed by atoms with Crippen molar-refractivity contribution in [3.63, 3.8) is 0 Å². The van der Waals surface area contributed by atoms with Gasteiger partial charge in [0.05, 0.1) is 0 Å². The van der Waals surface area contributed by atoms with Crippen molar-refractivity contribution in [1.82, 2.24) is 0 Å². The quantitative estimate of drug-likeness (QED) is 0.242. The zero-order valence-electron chi connectivity index (χ0n) is 78.7. The summed E-state index contributed by atoms with van der Waals surface area (Å²) in [4.78, 5) is 0. The highest BCUT2D eigenvalue weighted by atomic mass is 16.5. The Balaban J connectivity index is -0.0000000456. The molecule has 0 spiro atoms. The van der Waals surface area contributed by atoms with Crippen molar-refractivity contribution in [3.8, 4) is 0 Å². The van der Waals surface area contributed by atoms with Gasteiger partial charge in [-0.05, 0) is 81.8 Å². The lowest BCUT2D eigenvalue weighted by molar-refractivity contribution is 0.0367. The summed E-state index contributed by atoms with van der Waals surface area (Å²) in [5, 5.41) is 0. The van der Waals surface area contributed by atoms with E-state index >= 15 is 0 Å². The zero-order valence-corrected chi connectivity index (χ0v) is 78.7. The molecule has 0 bridgehead atoms. The standard InChI is InChI=1S/2C6H12.C5H10O.C5H10.8C5H12.C4H8O.C4H8.C3H6O.C3H6.8C2H6.CH4/c3*1-2-4-6-5-3-1;1-2-4-5-3-1;8*1-5(2,3)4;1-2-4-5-3-1;2*1-2-4-3-1;1-2-3-1;8*1-2;/h2*1-6H2;1-5H2;1-5H2;8*1-4H3;1-4H2;1-4H2;1-3H2;1-3H2;8*1-2H3;1H4. The average Bonchev–Trinajstić information content (AvgIpc) is 3.88. The lowest BCUT2D eigenvalue weighted by Gasteiger charge is -2.09. The van der Waals surface area contributed by atoms with Crippen LogP contribution in [0.1, 0.15) is 532 Å². The zero-order chi connectivity index (χ0) is 79.6. The molecule has 0 radical (unpaired) electrons. The first-order valence-corrected chi connectivity index (χ1v) is 42.2. The van der Waals surface area contributed by atoms with E-state index in [2.05, 4.69) is 222 Å². The maximum atomic E-state index is 5.07. The van der Waals surface area contributed by atoms with Crippen molar-refractivity contribution in [1.29, 1.82) is 0 Å². The Morgan fingerprint density at radius 1 is 0.115 bits per heavy atom. The Morgan fingerprint density at radius 3 is 0.198 bits per heavy atom. The molecule has 0 aromatic carbocycles.